The molecule has 0 aliphatic rings. The summed E-state index contributed by atoms with van der Waals surface area (Å²) in [7, 11) is 1.56. The summed E-state index contributed by atoms with van der Waals surface area (Å²) in [5, 5.41) is 5.52. The van der Waals surface area contributed by atoms with E-state index in [4.69, 9.17) is 9.47 Å². The second kappa shape index (κ2) is 10.6. The maximum atomic E-state index is 13.0. The largest absolute Gasteiger partial charge is 0.493 e. The first-order valence-corrected chi connectivity index (χ1v) is 9.86. The minimum Gasteiger partial charge on any atom is -0.493 e. The number of hydrogen-bond acceptors (Lipinski definition) is 4. The van der Waals surface area contributed by atoms with E-state index in [1.165, 1.54) is 0 Å². The number of nitrogens with one attached hydrogen (secondary N) is 2. The van der Waals surface area contributed by atoms with Crippen molar-refractivity contribution >= 4 is 23.6 Å². The molecule has 0 unspecified atom stereocenters. The average molecular weight is 416 g/mol. The topological polar surface area (TPSA) is 76.7 Å². The van der Waals surface area contributed by atoms with E-state index in [0.29, 0.717) is 34.9 Å². The molecule has 3 aromatic rings. The van der Waals surface area contributed by atoms with Crippen LogP contribution < -0.4 is 20.1 Å². The minimum absolute atomic E-state index is 0.102. The molecule has 0 aliphatic heterocycles. The molecule has 0 spiro atoms. The fourth-order valence-electron chi connectivity index (χ4n) is 2.88. The van der Waals surface area contributed by atoms with Crippen LogP contribution >= 0.6 is 0 Å². The van der Waals surface area contributed by atoms with E-state index in [1.807, 2.05) is 31.2 Å². The van der Waals surface area contributed by atoms with E-state index in [-0.39, 0.29) is 11.6 Å². The molecule has 2 N–H and O–H groups in total. The molecule has 0 atom stereocenters. The standard InChI is InChI=1S/C25H24N2O4/c1-3-31-23-17-18(14-15-22(23)30-2)16-21(25(29)26-20-12-8-5-9-13-20)27-24(28)19-10-6-4-7-11-19/h4-17H,3H2,1-2H3,(H,26,29)(H,27,28)/b21-16-. The first-order chi connectivity index (χ1) is 15.1. The number of amides is 2. The first-order valence-electron chi connectivity index (χ1n) is 9.86. The molecule has 0 saturated heterocycles. The molecule has 31 heavy (non-hydrogen) atoms. The van der Waals surface area contributed by atoms with Crippen LogP contribution in [0.15, 0.2) is 84.6 Å². The Morgan fingerprint density at radius 2 is 1.58 bits per heavy atom. The van der Waals surface area contributed by atoms with Crippen molar-refractivity contribution in [3.63, 3.8) is 0 Å². The van der Waals surface area contributed by atoms with E-state index in [2.05, 4.69) is 10.6 Å². The van der Waals surface area contributed by atoms with Gasteiger partial charge in [-0.05, 0) is 55.0 Å². The monoisotopic (exact) mass is 416 g/mol. The highest BCUT2D eigenvalue weighted by Crippen LogP contribution is 2.29. The lowest BCUT2D eigenvalue weighted by atomic mass is 10.1. The molecular formula is C25H24N2O4. The Hall–Kier alpha value is -4.06. The predicted molar refractivity (Wildman–Crippen MR) is 121 cm³/mol. The van der Waals surface area contributed by atoms with E-state index >= 15 is 0 Å². The van der Waals surface area contributed by atoms with Crippen LogP contribution in [0.3, 0.4) is 0 Å². The fraction of sp³-hybridized carbons (Fsp3) is 0.120. The summed E-state index contributed by atoms with van der Waals surface area (Å²) < 4.78 is 10.9. The molecule has 0 radical (unpaired) electrons. The van der Waals surface area contributed by atoms with Gasteiger partial charge in [0.2, 0.25) is 0 Å². The van der Waals surface area contributed by atoms with Crippen molar-refractivity contribution in [2.24, 2.45) is 0 Å². The maximum absolute atomic E-state index is 13.0. The third-order valence-electron chi connectivity index (χ3n) is 4.36. The summed E-state index contributed by atoms with van der Waals surface area (Å²) in [5.74, 6) is 0.316. The molecule has 3 rings (SSSR count). The second-order valence-electron chi connectivity index (χ2n) is 6.54. The van der Waals surface area contributed by atoms with Crippen molar-refractivity contribution in [3.8, 4) is 11.5 Å². The molecule has 0 bridgehead atoms. The SMILES string of the molecule is CCOc1cc(/C=C(\NC(=O)c2ccccc2)C(=O)Nc2ccccc2)ccc1OC. The van der Waals surface area contributed by atoms with Gasteiger partial charge in [-0.15, -0.1) is 0 Å². The van der Waals surface area contributed by atoms with Gasteiger partial charge in [0.15, 0.2) is 11.5 Å². The highest BCUT2D eigenvalue weighted by atomic mass is 16.5. The van der Waals surface area contributed by atoms with Crippen molar-refractivity contribution in [3.05, 3.63) is 95.7 Å². The number of anilines is 1. The number of rotatable bonds is 8. The van der Waals surface area contributed by atoms with Crippen LogP contribution in [-0.2, 0) is 4.79 Å². The zero-order valence-electron chi connectivity index (χ0n) is 17.4. The Labute approximate surface area is 181 Å². The van der Waals surface area contributed by atoms with Crippen molar-refractivity contribution in [2.75, 3.05) is 19.0 Å². The summed E-state index contributed by atoms with van der Waals surface area (Å²) in [4.78, 5) is 25.7. The Kier molecular flexibility index (Phi) is 7.43. The van der Waals surface area contributed by atoms with Gasteiger partial charge in [0.05, 0.1) is 13.7 Å². The highest BCUT2D eigenvalue weighted by molar-refractivity contribution is 6.10. The zero-order valence-corrected chi connectivity index (χ0v) is 17.4. The molecule has 6 nitrogen and oxygen atoms in total. The lowest BCUT2D eigenvalue weighted by Crippen LogP contribution is -2.30. The van der Waals surface area contributed by atoms with Crippen molar-refractivity contribution in [1.29, 1.82) is 0 Å². The second-order valence-corrected chi connectivity index (χ2v) is 6.54. The molecule has 3 aromatic carbocycles. The van der Waals surface area contributed by atoms with Crippen LogP contribution in [-0.4, -0.2) is 25.5 Å². The zero-order chi connectivity index (χ0) is 22.1. The summed E-state index contributed by atoms with van der Waals surface area (Å²) in [6.45, 7) is 2.34. The Morgan fingerprint density at radius 1 is 0.903 bits per heavy atom. The van der Waals surface area contributed by atoms with Gasteiger partial charge in [0.25, 0.3) is 11.8 Å². The number of carbonyl (C=O) groups excluding carboxylic acids is 2. The van der Waals surface area contributed by atoms with Gasteiger partial charge < -0.3 is 20.1 Å². The molecule has 6 heteroatoms. The number of benzene rings is 3. The van der Waals surface area contributed by atoms with Gasteiger partial charge in [-0.3, -0.25) is 9.59 Å². The van der Waals surface area contributed by atoms with Crippen molar-refractivity contribution in [2.45, 2.75) is 6.92 Å². The van der Waals surface area contributed by atoms with Gasteiger partial charge in [-0.1, -0.05) is 42.5 Å². The molecule has 0 heterocycles. The van der Waals surface area contributed by atoms with Crippen LogP contribution in [0.4, 0.5) is 5.69 Å². The highest BCUT2D eigenvalue weighted by Gasteiger charge is 2.15. The van der Waals surface area contributed by atoms with Crippen LogP contribution in [0.5, 0.6) is 11.5 Å². The smallest absolute Gasteiger partial charge is 0.272 e. The van der Waals surface area contributed by atoms with Gasteiger partial charge >= 0.3 is 0 Å². The Morgan fingerprint density at radius 3 is 2.23 bits per heavy atom. The molecule has 0 fully saturated rings. The Balaban J connectivity index is 1.93. The van der Waals surface area contributed by atoms with Crippen molar-refractivity contribution < 1.29 is 19.1 Å². The fourth-order valence-corrected chi connectivity index (χ4v) is 2.88. The molecule has 0 aromatic heterocycles. The van der Waals surface area contributed by atoms with Gasteiger partial charge in [-0.2, -0.15) is 0 Å². The van der Waals surface area contributed by atoms with Crippen LogP contribution in [0, 0.1) is 0 Å². The lowest BCUT2D eigenvalue weighted by molar-refractivity contribution is -0.113. The molecule has 2 amide bonds. The third kappa shape index (κ3) is 5.96. The van der Waals surface area contributed by atoms with Gasteiger partial charge in [0, 0.05) is 11.3 Å². The van der Waals surface area contributed by atoms with Crippen LogP contribution in [0.25, 0.3) is 6.08 Å². The minimum atomic E-state index is -0.441. The number of methoxy groups -OCH3 is 1. The third-order valence-corrected chi connectivity index (χ3v) is 4.36. The number of para-hydroxylation sites is 1. The summed E-state index contributed by atoms with van der Waals surface area (Å²) in [6.07, 6.45) is 1.60. The van der Waals surface area contributed by atoms with E-state index in [9.17, 15) is 9.59 Å². The Bertz CT molecular complexity index is 1060. The number of carbonyl (C=O) groups is 2. The quantitative estimate of drug-likeness (QED) is 0.530. The van der Waals surface area contributed by atoms with Gasteiger partial charge in [0.1, 0.15) is 5.70 Å². The first kappa shape index (κ1) is 21.6. The molecule has 0 saturated carbocycles. The molecule has 0 aliphatic carbocycles. The summed E-state index contributed by atoms with van der Waals surface area (Å²) in [6, 6.07) is 23.0. The van der Waals surface area contributed by atoms with E-state index < -0.39 is 5.91 Å². The van der Waals surface area contributed by atoms with E-state index in [1.54, 1.807) is 67.8 Å². The number of hydrogen-bond donors (Lipinski definition) is 2. The van der Waals surface area contributed by atoms with Crippen molar-refractivity contribution in [1.82, 2.24) is 5.32 Å². The summed E-state index contributed by atoms with van der Waals surface area (Å²) >= 11 is 0. The molecule has 158 valence electrons. The predicted octanol–water partition coefficient (Wildman–Crippen LogP) is 4.50. The lowest BCUT2D eigenvalue weighted by Gasteiger charge is -2.13. The van der Waals surface area contributed by atoms with Gasteiger partial charge in [-0.25, -0.2) is 0 Å². The normalized spacial score (nSPS) is 10.8. The van der Waals surface area contributed by atoms with Crippen LogP contribution in [0.2, 0.25) is 0 Å². The van der Waals surface area contributed by atoms with Crippen LogP contribution in [0.1, 0.15) is 22.8 Å². The number of ether oxygens (including phenoxy) is 2. The average Bonchev–Trinajstić information content (AvgIpc) is 2.80. The maximum Gasteiger partial charge on any atom is 0.272 e. The molecular weight excluding hydrogens is 392 g/mol. The summed E-state index contributed by atoms with van der Waals surface area (Å²) in [5.41, 5.74) is 1.85. The van der Waals surface area contributed by atoms with E-state index in [0.717, 1.165) is 0 Å².